The molecule has 0 amide bonds. The van der Waals surface area contributed by atoms with Crippen molar-refractivity contribution < 1.29 is 0 Å². The Hall–Kier alpha value is -0.220. The Morgan fingerprint density at radius 2 is 2.45 bits per heavy atom. The number of nitrogens with zero attached hydrogens (tertiary/aromatic N) is 1. The first kappa shape index (κ1) is 8.87. The van der Waals surface area contributed by atoms with Gasteiger partial charge in [-0.15, -0.1) is 11.8 Å². The molecule has 0 aliphatic heterocycles. The second kappa shape index (κ2) is 3.97. The molecule has 0 spiro atoms. The predicted molar refractivity (Wildman–Crippen MR) is 52.1 cm³/mol. The van der Waals surface area contributed by atoms with Crippen LogP contribution in [0, 0.1) is 5.92 Å². The normalized spacial score (nSPS) is 10.8. The van der Waals surface area contributed by atoms with Gasteiger partial charge in [-0.1, -0.05) is 25.2 Å². The molecule has 4 heteroatoms. The molecule has 0 saturated carbocycles. The fraction of sp³-hybridized carbons (Fsp3) is 0.571. The molecular formula is C7H12N2S2. The molecule has 2 N–H and O–H groups in total. The van der Waals surface area contributed by atoms with Gasteiger partial charge in [0.2, 0.25) is 0 Å². The monoisotopic (exact) mass is 188 g/mol. The lowest BCUT2D eigenvalue weighted by atomic mass is 10.3. The molecule has 1 aromatic rings. The predicted octanol–water partition coefficient (Wildman–Crippen LogP) is 2.47. The van der Waals surface area contributed by atoms with Crippen molar-refractivity contribution in [1.29, 1.82) is 0 Å². The van der Waals surface area contributed by atoms with Crippen molar-refractivity contribution in [1.82, 2.24) is 4.98 Å². The molecule has 0 fully saturated rings. The van der Waals surface area contributed by atoms with E-state index in [1.54, 1.807) is 11.3 Å². The Kier molecular flexibility index (Phi) is 3.20. The van der Waals surface area contributed by atoms with Gasteiger partial charge in [-0.3, -0.25) is 0 Å². The zero-order chi connectivity index (χ0) is 8.27. The Morgan fingerprint density at radius 1 is 1.73 bits per heavy atom. The third kappa shape index (κ3) is 3.12. The number of nitrogen functional groups attached to an aromatic ring is 1. The van der Waals surface area contributed by atoms with E-state index in [2.05, 4.69) is 18.8 Å². The summed E-state index contributed by atoms with van der Waals surface area (Å²) < 4.78 is 1.22. The molecule has 0 aliphatic carbocycles. The third-order valence-electron chi connectivity index (χ3n) is 1.06. The molecule has 11 heavy (non-hydrogen) atoms. The Bertz CT molecular complexity index is 220. The lowest BCUT2D eigenvalue weighted by Crippen LogP contribution is -1.88. The molecule has 1 heterocycles. The van der Waals surface area contributed by atoms with Gasteiger partial charge in [0.15, 0.2) is 5.13 Å². The molecule has 0 radical (unpaired) electrons. The van der Waals surface area contributed by atoms with Crippen molar-refractivity contribution in [3.05, 3.63) is 6.20 Å². The number of hydrogen-bond acceptors (Lipinski definition) is 4. The van der Waals surface area contributed by atoms with Gasteiger partial charge in [0.1, 0.15) is 0 Å². The topological polar surface area (TPSA) is 38.9 Å². The molecule has 62 valence electrons. The summed E-state index contributed by atoms with van der Waals surface area (Å²) in [6, 6.07) is 0. The van der Waals surface area contributed by atoms with E-state index >= 15 is 0 Å². The second-order valence-electron chi connectivity index (χ2n) is 2.72. The first-order valence-electron chi connectivity index (χ1n) is 3.52. The Labute approximate surface area is 75.2 Å². The molecule has 1 rings (SSSR count). The molecule has 2 nitrogen and oxygen atoms in total. The van der Waals surface area contributed by atoms with Crippen molar-refractivity contribution in [2.75, 3.05) is 11.5 Å². The van der Waals surface area contributed by atoms with E-state index in [0.29, 0.717) is 5.13 Å². The Morgan fingerprint density at radius 3 is 2.91 bits per heavy atom. The molecule has 0 bridgehead atoms. The second-order valence-corrected chi connectivity index (χ2v) is 5.10. The summed E-state index contributed by atoms with van der Waals surface area (Å²) in [5, 5.41) is 0.663. The van der Waals surface area contributed by atoms with Crippen LogP contribution < -0.4 is 5.73 Å². The minimum Gasteiger partial charge on any atom is -0.375 e. The zero-order valence-corrected chi connectivity index (χ0v) is 8.34. The third-order valence-corrected chi connectivity index (χ3v) is 3.51. The average molecular weight is 188 g/mol. The first-order chi connectivity index (χ1) is 5.18. The largest absolute Gasteiger partial charge is 0.375 e. The highest BCUT2D eigenvalue weighted by atomic mass is 32.2. The summed E-state index contributed by atoms with van der Waals surface area (Å²) in [5.41, 5.74) is 5.48. The van der Waals surface area contributed by atoms with Gasteiger partial charge >= 0.3 is 0 Å². The highest BCUT2D eigenvalue weighted by Crippen LogP contribution is 2.27. The smallest absolute Gasteiger partial charge is 0.181 e. The number of anilines is 1. The first-order valence-corrected chi connectivity index (χ1v) is 5.33. The van der Waals surface area contributed by atoms with Gasteiger partial charge in [-0.2, -0.15) is 0 Å². The number of rotatable bonds is 3. The van der Waals surface area contributed by atoms with Gasteiger partial charge in [-0.05, 0) is 5.92 Å². The van der Waals surface area contributed by atoms with Crippen molar-refractivity contribution in [3.8, 4) is 0 Å². The number of thioether (sulfide) groups is 1. The van der Waals surface area contributed by atoms with Crippen LogP contribution in [-0.4, -0.2) is 10.7 Å². The van der Waals surface area contributed by atoms with Gasteiger partial charge in [-0.25, -0.2) is 4.98 Å². The van der Waals surface area contributed by atoms with Crippen LogP contribution in [0.25, 0.3) is 0 Å². The number of nitrogens with two attached hydrogens (primary N) is 1. The van der Waals surface area contributed by atoms with E-state index in [4.69, 9.17) is 5.73 Å². The Balaban J connectivity index is 2.39. The van der Waals surface area contributed by atoms with Crippen LogP contribution in [0.4, 0.5) is 5.13 Å². The van der Waals surface area contributed by atoms with Gasteiger partial charge in [0.05, 0.1) is 10.4 Å². The SMILES string of the molecule is CC(C)CSc1cnc(N)s1. The van der Waals surface area contributed by atoms with E-state index < -0.39 is 0 Å². The fourth-order valence-corrected chi connectivity index (χ4v) is 2.33. The maximum Gasteiger partial charge on any atom is 0.181 e. The number of thiazole rings is 1. The van der Waals surface area contributed by atoms with Gasteiger partial charge in [0, 0.05) is 5.75 Å². The molecule has 0 aromatic carbocycles. The van der Waals surface area contributed by atoms with Crippen LogP contribution in [0.1, 0.15) is 13.8 Å². The van der Waals surface area contributed by atoms with Crippen LogP contribution in [0.3, 0.4) is 0 Å². The van der Waals surface area contributed by atoms with Crippen molar-refractivity contribution in [3.63, 3.8) is 0 Å². The van der Waals surface area contributed by atoms with Crippen molar-refractivity contribution in [2.45, 2.75) is 18.1 Å². The van der Waals surface area contributed by atoms with E-state index in [0.717, 1.165) is 11.7 Å². The number of aromatic nitrogens is 1. The highest BCUT2D eigenvalue weighted by Gasteiger charge is 2.00. The van der Waals surface area contributed by atoms with Crippen molar-refractivity contribution >= 4 is 28.2 Å². The quantitative estimate of drug-likeness (QED) is 0.741. The molecular weight excluding hydrogens is 176 g/mol. The average Bonchev–Trinajstić information content (AvgIpc) is 2.31. The molecule has 0 aliphatic rings. The molecule has 1 aromatic heterocycles. The van der Waals surface area contributed by atoms with E-state index in [-0.39, 0.29) is 0 Å². The molecule has 0 atom stereocenters. The van der Waals surface area contributed by atoms with Crippen LogP contribution in [0.5, 0.6) is 0 Å². The van der Waals surface area contributed by atoms with E-state index in [9.17, 15) is 0 Å². The summed E-state index contributed by atoms with van der Waals surface area (Å²) in [6.45, 7) is 4.41. The highest BCUT2D eigenvalue weighted by molar-refractivity contribution is 8.01. The number of hydrogen-bond donors (Lipinski definition) is 1. The lowest BCUT2D eigenvalue weighted by Gasteiger charge is -1.99. The maximum atomic E-state index is 5.48. The minimum absolute atomic E-state index is 0.663. The fourth-order valence-electron chi connectivity index (χ4n) is 0.588. The maximum absolute atomic E-state index is 5.48. The summed E-state index contributed by atoms with van der Waals surface area (Å²) in [4.78, 5) is 3.97. The molecule has 0 unspecified atom stereocenters. The van der Waals surface area contributed by atoms with Crippen LogP contribution in [0.2, 0.25) is 0 Å². The summed E-state index contributed by atoms with van der Waals surface area (Å²) in [7, 11) is 0. The van der Waals surface area contributed by atoms with Crippen LogP contribution in [0.15, 0.2) is 10.4 Å². The van der Waals surface area contributed by atoms with Crippen LogP contribution >= 0.6 is 23.1 Å². The summed E-state index contributed by atoms with van der Waals surface area (Å²) in [5.74, 6) is 1.87. The van der Waals surface area contributed by atoms with E-state index in [1.807, 2.05) is 18.0 Å². The summed E-state index contributed by atoms with van der Waals surface area (Å²) in [6.07, 6.45) is 1.84. The zero-order valence-electron chi connectivity index (χ0n) is 6.70. The summed E-state index contributed by atoms with van der Waals surface area (Å²) >= 11 is 3.38. The van der Waals surface area contributed by atoms with E-state index in [1.165, 1.54) is 4.21 Å². The molecule has 0 saturated heterocycles. The van der Waals surface area contributed by atoms with Crippen LogP contribution in [-0.2, 0) is 0 Å². The van der Waals surface area contributed by atoms with Gasteiger partial charge in [0.25, 0.3) is 0 Å². The van der Waals surface area contributed by atoms with Crippen molar-refractivity contribution in [2.24, 2.45) is 5.92 Å². The minimum atomic E-state index is 0.663. The van der Waals surface area contributed by atoms with Gasteiger partial charge < -0.3 is 5.73 Å². The standard InChI is InChI=1S/C7H12N2S2/c1-5(2)4-10-6-3-9-7(8)11-6/h3,5H,4H2,1-2H3,(H2,8,9). The lowest BCUT2D eigenvalue weighted by molar-refractivity contribution is 0.750.